The Hall–Kier alpha value is -2.37. The maximum absolute atomic E-state index is 11.9. The topological polar surface area (TPSA) is 64.8 Å². The van der Waals surface area contributed by atoms with Crippen LogP contribution in [0.5, 0.6) is 11.5 Å². The van der Waals surface area contributed by atoms with E-state index in [4.69, 9.17) is 15.2 Å². The first-order valence-corrected chi connectivity index (χ1v) is 10.6. The van der Waals surface area contributed by atoms with Gasteiger partial charge in [0.05, 0.1) is 6.10 Å². The molecule has 5 nitrogen and oxygen atoms in total. The number of primary amides is 1. The lowest BCUT2D eigenvalue weighted by Crippen LogP contribution is -2.38. The van der Waals surface area contributed by atoms with Gasteiger partial charge in [0.25, 0.3) is 0 Å². The summed E-state index contributed by atoms with van der Waals surface area (Å²) in [4.78, 5) is 14.4. The van der Waals surface area contributed by atoms with Crippen molar-refractivity contribution in [1.29, 1.82) is 0 Å². The number of ether oxygens (including phenoxy) is 2. The van der Waals surface area contributed by atoms with Crippen LogP contribution in [0.3, 0.4) is 0 Å². The average Bonchev–Trinajstić information content (AvgIpc) is 3.23. The van der Waals surface area contributed by atoms with Crippen LogP contribution < -0.4 is 10.5 Å². The number of amides is 1. The van der Waals surface area contributed by atoms with Crippen LogP contribution in [0.2, 0.25) is 0 Å². The predicted octanol–water partition coefficient (Wildman–Crippen LogP) is 4.24. The summed E-state index contributed by atoms with van der Waals surface area (Å²) in [6.07, 6.45) is 4.83. The number of likely N-dealkylation sites (tertiary alicyclic amines) is 1. The van der Waals surface area contributed by atoms with E-state index in [1.807, 2.05) is 43.3 Å². The van der Waals surface area contributed by atoms with Crippen molar-refractivity contribution >= 4 is 5.91 Å². The number of carbonyl (C=O) groups excluding carboxylic acids is 1. The Balaban J connectivity index is 1.54. The van der Waals surface area contributed by atoms with Gasteiger partial charge in [-0.25, -0.2) is 0 Å². The number of nitrogens with zero attached hydrogens (tertiary/aromatic N) is 1. The first kappa shape index (κ1) is 19.9. The number of carbonyl (C=O) groups is 1. The van der Waals surface area contributed by atoms with Crippen molar-refractivity contribution in [1.82, 2.24) is 4.90 Å². The van der Waals surface area contributed by atoms with E-state index in [2.05, 4.69) is 4.90 Å². The molecule has 5 heteroatoms. The van der Waals surface area contributed by atoms with Crippen LogP contribution in [-0.2, 0) is 4.74 Å². The Morgan fingerprint density at radius 1 is 1.14 bits per heavy atom. The van der Waals surface area contributed by atoms with Gasteiger partial charge in [-0.1, -0.05) is 18.2 Å². The van der Waals surface area contributed by atoms with E-state index < -0.39 is 0 Å². The lowest BCUT2D eigenvalue weighted by Gasteiger charge is -2.34. The molecule has 0 radical (unpaired) electrons. The van der Waals surface area contributed by atoms with Crippen molar-refractivity contribution in [3.63, 3.8) is 0 Å². The fourth-order valence-corrected chi connectivity index (χ4v) is 4.66. The van der Waals surface area contributed by atoms with Gasteiger partial charge in [0.1, 0.15) is 11.5 Å². The molecule has 1 unspecified atom stereocenters. The zero-order chi connectivity index (χ0) is 20.2. The lowest BCUT2D eigenvalue weighted by atomic mass is 9.84. The summed E-state index contributed by atoms with van der Waals surface area (Å²) in [5.41, 5.74) is 8.29. The largest absolute Gasteiger partial charge is 0.457 e. The molecular formula is C24H30N2O3. The molecule has 0 saturated carbocycles. The summed E-state index contributed by atoms with van der Waals surface area (Å²) in [5.74, 6) is 1.60. The van der Waals surface area contributed by atoms with Crippen LogP contribution in [0.1, 0.15) is 53.1 Å². The van der Waals surface area contributed by atoms with Crippen LogP contribution in [-0.4, -0.2) is 43.2 Å². The number of para-hydroxylation sites is 1. The molecule has 2 saturated heterocycles. The molecular weight excluding hydrogens is 364 g/mol. The minimum Gasteiger partial charge on any atom is -0.457 e. The van der Waals surface area contributed by atoms with Gasteiger partial charge in [-0.2, -0.15) is 0 Å². The van der Waals surface area contributed by atoms with Crippen LogP contribution in [0.15, 0.2) is 42.5 Å². The second-order valence-corrected chi connectivity index (χ2v) is 8.14. The van der Waals surface area contributed by atoms with Crippen LogP contribution in [0, 0.1) is 6.92 Å². The molecule has 2 heterocycles. The number of piperidine rings is 1. The van der Waals surface area contributed by atoms with Gasteiger partial charge in [0.2, 0.25) is 5.91 Å². The molecule has 0 aromatic heterocycles. The highest BCUT2D eigenvalue weighted by Crippen LogP contribution is 2.39. The van der Waals surface area contributed by atoms with Crippen molar-refractivity contribution in [2.24, 2.45) is 5.73 Å². The van der Waals surface area contributed by atoms with Crippen molar-refractivity contribution < 1.29 is 14.3 Å². The summed E-state index contributed by atoms with van der Waals surface area (Å²) in [6.45, 7) is 6.00. The first-order valence-electron chi connectivity index (χ1n) is 10.6. The third kappa shape index (κ3) is 4.62. The quantitative estimate of drug-likeness (QED) is 0.796. The van der Waals surface area contributed by atoms with Crippen LogP contribution in [0.4, 0.5) is 0 Å². The summed E-state index contributed by atoms with van der Waals surface area (Å²) in [6, 6.07) is 13.5. The average molecular weight is 395 g/mol. The molecule has 2 aromatic carbocycles. The van der Waals surface area contributed by atoms with Gasteiger partial charge in [-0.15, -0.1) is 0 Å². The monoisotopic (exact) mass is 394 g/mol. The third-order valence-electron chi connectivity index (χ3n) is 6.19. The molecule has 1 atom stereocenters. The molecule has 2 aliphatic heterocycles. The normalized spacial score (nSPS) is 20.7. The zero-order valence-corrected chi connectivity index (χ0v) is 17.1. The highest BCUT2D eigenvalue weighted by Gasteiger charge is 2.28. The van der Waals surface area contributed by atoms with Crippen molar-refractivity contribution in [3.05, 3.63) is 59.2 Å². The molecule has 0 spiro atoms. The Morgan fingerprint density at radius 2 is 1.90 bits per heavy atom. The van der Waals surface area contributed by atoms with Crippen LogP contribution >= 0.6 is 0 Å². The molecule has 1 amide bonds. The molecule has 2 aliphatic rings. The van der Waals surface area contributed by atoms with Crippen LogP contribution in [0.25, 0.3) is 0 Å². The highest BCUT2D eigenvalue weighted by atomic mass is 16.5. The Labute approximate surface area is 172 Å². The summed E-state index contributed by atoms with van der Waals surface area (Å²) in [7, 11) is 0. The third-order valence-corrected chi connectivity index (χ3v) is 6.19. The van der Waals surface area contributed by atoms with E-state index in [1.165, 1.54) is 12.8 Å². The van der Waals surface area contributed by atoms with Crippen molar-refractivity contribution in [3.8, 4) is 11.5 Å². The SMILES string of the molecule is Cc1c(C(N)=O)ccc(Oc2ccccc2)c1C1CCN(CC2CCCO2)CC1. The van der Waals surface area contributed by atoms with E-state index in [0.29, 0.717) is 17.6 Å². The zero-order valence-electron chi connectivity index (χ0n) is 17.1. The molecule has 29 heavy (non-hydrogen) atoms. The summed E-state index contributed by atoms with van der Waals surface area (Å²) in [5, 5.41) is 0. The number of rotatable bonds is 6. The van der Waals surface area contributed by atoms with Gasteiger partial charge in [-0.05, 0) is 81.4 Å². The van der Waals surface area contributed by atoms with E-state index in [0.717, 1.165) is 61.7 Å². The molecule has 0 aliphatic carbocycles. The van der Waals surface area contributed by atoms with Gasteiger partial charge >= 0.3 is 0 Å². The first-order chi connectivity index (χ1) is 14.1. The van der Waals surface area contributed by atoms with Crippen molar-refractivity contribution in [2.45, 2.75) is 44.6 Å². The van der Waals surface area contributed by atoms with E-state index in [-0.39, 0.29) is 5.91 Å². The smallest absolute Gasteiger partial charge is 0.248 e. The molecule has 4 rings (SSSR count). The summed E-state index contributed by atoms with van der Waals surface area (Å²) >= 11 is 0. The second-order valence-electron chi connectivity index (χ2n) is 8.14. The number of benzene rings is 2. The standard InChI is InChI=1S/C24H30N2O3/c1-17-21(24(25)27)9-10-22(29-19-6-3-2-4-7-19)23(17)18-11-13-26(14-12-18)16-20-8-5-15-28-20/h2-4,6-7,9-10,18,20H,5,8,11-16H2,1H3,(H2,25,27). The Kier molecular flexibility index (Phi) is 6.16. The fourth-order valence-electron chi connectivity index (χ4n) is 4.66. The minimum atomic E-state index is -0.383. The van der Waals surface area contributed by atoms with Crippen molar-refractivity contribution in [2.75, 3.05) is 26.2 Å². The predicted molar refractivity (Wildman–Crippen MR) is 114 cm³/mol. The minimum absolute atomic E-state index is 0.355. The molecule has 2 N–H and O–H groups in total. The van der Waals surface area contributed by atoms with E-state index in [1.54, 1.807) is 6.07 Å². The Bertz CT molecular complexity index is 839. The van der Waals surface area contributed by atoms with Gasteiger partial charge in [0.15, 0.2) is 0 Å². The number of nitrogens with two attached hydrogens (primary N) is 1. The summed E-state index contributed by atoms with van der Waals surface area (Å²) < 4.78 is 12.0. The maximum atomic E-state index is 11.9. The highest BCUT2D eigenvalue weighted by molar-refractivity contribution is 5.95. The van der Waals surface area contributed by atoms with E-state index >= 15 is 0 Å². The van der Waals surface area contributed by atoms with Gasteiger partial charge in [0, 0.05) is 24.3 Å². The molecule has 154 valence electrons. The molecule has 2 aromatic rings. The lowest BCUT2D eigenvalue weighted by molar-refractivity contribution is 0.0642. The maximum Gasteiger partial charge on any atom is 0.248 e. The Morgan fingerprint density at radius 3 is 2.55 bits per heavy atom. The van der Waals surface area contributed by atoms with E-state index in [9.17, 15) is 4.79 Å². The fraction of sp³-hybridized carbons (Fsp3) is 0.458. The van der Waals surface area contributed by atoms with Gasteiger partial charge < -0.3 is 20.1 Å². The van der Waals surface area contributed by atoms with Gasteiger partial charge in [-0.3, -0.25) is 4.79 Å². The second kappa shape index (κ2) is 8.97. The number of hydrogen-bond acceptors (Lipinski definition) is 4. The molecule has 2 fully saturated rings. The molecule has 0 bridgehead atoms. The number of hydrogen-bond donors (Lipinski definition) is 1.